The fourth-order valence-electron chi connectivity index (χ4n) is 1.64. The summed E-state index contributed by atoms with van der Waals surface area (Å²) in [5.74, 6) is 0. The molecule has 0 aromatic carbocycles. The third-order valence-electron chi connectivity index (χ3n) is 2.41. The van der Waals surface area contributed by atoms with Crippen molar-refractivity contribution >= 4 is 17.3 Å². The Morgan fingerprint density at radius 1 is 1.29 bits per heavy atom. The lowest BCUT2D eigenvalue weighted by Crippen LogP contribution is -2.34. The fourth-order valence-corrected chi connectivity index (χ4v) is 1.80. The summed E-state index contributed by atoms with van der Waals surface area (Å²) in [4.78, 5) is 3.95. The van der Waals surface area contributed by atoms with Gasteiger partial charge in [-0.15, -0.1) is 0 Å². The monoisotopic (exact) mass is 211 g/mol. The number of hydrogen-bond acceptors (Lipinski definition) is 3. The highest BCUT2D eigenvalue weighted by Crippen LogP contribution is 2.20. The largest absolute Gasteiger partial charge is 0.317 e. The van der Waals surface area contributed by atoms with Crippen LogP contribution in [0.1, 0.15) is 19.3 Å². The highest BCUT2D eigenvalue weighted by molar-refractivity contribution is 6.33. The van der Waals surface area contributed by atoms with Crippen LogP contribution >= 0.6 is 11.6 Å². The minimum atomic E-state index is 0.679. The molecule has 2 rings (SSSR count). The minimum absolute atomic E-state index is 0.679. The number of halogens is 1. The van der Waals surface area contributed by atoms with Crippen LogP contribution in [0.5, 0.6) is 0 Å². The number of pyridine rings is 1. The number of aromatic nitrogens is 1. The first kappa shape index (κ1) is 9.74. The summed E-state index contributed by atoms with van der Waals surface area (Å²) in [6.07, 6.45) is 7.26. The zero-order valence-corrected chi connectivity index (χ0v) is 8.80. The normalized spacial score (nSPS) is 18.1. The van der Waals surface area contributed by atoms with Gasteiger partial charge < -0.3 is 5.43 Å². The van der Waals surface area contributed by atoms with E-state index in [9.17, 15) is 0 Å². The maximum absolute atomic E-state index is 5.99. The zero-order chi connectivity index (χ0) is 9.80. The Morgan fingerprint density at radius 3 is 2.79 bits per heavy atom. The zero-order valence-electron chi connectivity index (χ0n) is 8.04. The number of nitrogens with zero attached hydrogens (tertiary/aromatic N) is 2. The smallest absolute Gasteiger partial charge is 0.0833 e. The number of hydrazine groups is 1. The first-order valence-electron chi connectivity index (χ1n) is 4.97. The molecule has 0 bridgehead atoms. The number of hydrogen-bond donors (Lipinski definition) is 1. The van der Waals surface area contributed by atoms with Gasteiger partial charge in [-0.25, -0.2) is 5.01 Å². The molecule has 1 fully saturated rings. The van der Waals surface area contributed by atoms with Gasteiger partial charge in [0.1, 0.15) is 0 Å². The van der Waals surface area contributed by atoms with E-state index in [4.69, 9.17) is 11.6 Å². The van der Waals surface area contributed by atoms with E-state index in [0.717, 1.165) is 18.8 Å². The van der Waals surface area contributed by atoms with E-state index in [1.807, 2.05) is 6.07 Å². The molecular weight excluding hydrogens is 198 g/mol. The maximum atomic E-state index is 5.99. The lowest BCUT2D eigenvalue weighted by Gasteiger charge is -2.28. The summed E-state index contributed by atoms with van der Waals surface area (Å²) in [6, 6.07) is 1.90. The molecule has 0 atom stereocenters. The van der Waals surface area contributed by atoms with Crippen molar-refractivity contribution in [3.05, 3.63) is 23.5 Å². The topological polar surface area (TPSA) is 28.2 Å². The van der Waals surface area contributed by atoms with E-state index in [-0.39, 0.29) is 0 Å². The first-order valence-corrected chi connectivity index (χ1v) is 5.35. The predicted octanol–water partition coefficient (Wildman–Crippen LogP) is 2.55. The fraction of sp³-hybridized carbons (Fsp3) is 0.500. The van der Waals surface area contributed by atoms with Crippen molar-refractivity contribution in [1.82, 2.24) is 9.99 Å². The highest BCUT2D eigenvalue weighted by Gasteiger charge is 2.10. The van der Waals surface area contributed by atoms with Crippen molar-refractivity contribution in [2.75, 3.05) is 18.5 Å². The number of nitrogens with one attached hydrogen (secondary N) is 1. The van der Waals surface area contributed by atoms with Crippen LogP contribution in [-0.4, -0.2) is 23.1 Å². The summed E-state index contributed by atoms with van der Waals surface area (Å²) < 4.78 is 0. The Morgan fingerprint density at radius 2 is 2.07 bits per heavy atom. The van der Waals surface area contributed by atoms with Crippen molar-refractivity contribution in [3.63, 3.8) is 0 Å². The van der Waals surface area contributed by atoms with Gasteiger partial charge in [-0.1, -0.05) is 18.0 Å². The van der Waals surface area contributed by atoms with Gasteiger partial charge in [-0.2, -0.15) is 0 Å². The molecule has 0 spiro atoms. The van der Waals surface area contributed by atoms with Crippen LogP contribution in [0.15, 0.2) is 18.5 Å². The Kier molecular flexibility index (Phi) is 3.22. The Labute approximate surface area is 89.1 Å². The van der Waals surface area contributed by atoms with Gasteiger partial charge in [0.05, 0.1) is 10.7 Å². The molecule has 0 aliphatic carbocycles. The summed E-state index contributed by atoms with van der Waals surface area (Å²) in [5, 5.41) is 2.89. The molecule has 3 nitrogen and oxygen atoms in total. The third-order valence-corrected chi connectivity index (χ3v) is 2.71. The van der Waals surface area contributed by atoms with E-state index >= 15 is 0 Å². The second kappa shape index (κ2) is 4.62. The Balaban J connectivity index is 1.99. The number of anilines is 1. The molecule has 1 saturated heterocycles. The second-order valence-corrected chi connectivity index (χ2v) is 3.92. The van der Waals surface area contributed by atoms with Gasteiger partial charge >= 0.3 is 0 Å². The standard InChI is InChI=1S/C10H14ClN3/c11-9-8-12-5-4-10(9)13-14-6-2-1-3-7-14/h4-5,8H,1-3,6-7H2,(H,12,13). The Hall–Kier alpha value is -0.800. The van der Waals surface area contributed by atoms with E-state index in [0.29, 0.717) is 5.02 Å². The molecule has 1 N–H and O–H groups in total. The van der Waals surface area contributed by atoms with Gasteiger partial charge in [0.15, 0.2) is 0 Å². The molecule has 1 aliphatic heterocycles. The van der Waals surface area contributed by atoms with E-state index < -0.39 is 0 Å². The first-order chi connectivity index (χ1) is 6.86. The van der Waals surface area contributed by atoms with Crippen LogP contribution in [0.25, 0.3) is 0 Å². The van der Waals surface area contributed by atoms with Crippen molar-refractivity contribution in [3.8, 4) is 0 Å². The summed E-state index contributed by atoms with van der Waals surface area (Å²) in [6.45, 7) is 2.19. The molecule has 1 aromatic rings. The van der Waals surface area contributed by atoms with Crippen LogP contribution < -0.4 is 5.43 Å². The number of piperidine rings is 1. The molecular formula is C10H14ClN3. The molecule has 1 aliphatic rings. The molecule has 1 aromatic heterocycles. The van der Waals surface area contributed by atoms with Crippen molar-refractivity contribution in [2.45, 2.75) is 19.3 Å². The molecule has 0 saturated carbocycles. The number of rotatable bonds is 2. The van der Waals surface area contributed by atoms with Gasteiger partial charge in [0.25, 0.3) is 0 Å². The highest BCUT2D eigenvalue weighted by atomic mass is 35.5. The van der Waals surface area contributed by atoms with Gasteiger partial charge in [-0.3, -0.25) is 4.98 Å². The van der Waals surface area contributed by atoms with Crippen molar-refractivity contribution in [1.29, 1.82) is 0 Å². The molecule has 14 heavy (non-hydrogen) atoms. The molecule has 76 valence electrons. The minimum Gasteiger partial charge on any atom is -0.317 e. The average Bonchev–Trinajstić information content (AvgIpc) is 2.23. The van der Waals surface area contributed by atoms with Gasteiger partial charge in [0.2, 0.25) is 0 Å². The van der Waals surface area contributed by atoms with Crippen LogP contribution in [0.2, 0.25) is 5.02 Å². The summed E-state index contributed by atoms with van der Waals surface area (Å²) in [5.41, 5.74) is 4.26. The van der Waals surface area contributed by atoms with Crippen LogP contribution in [0, 0.1) is 0 Å². The summed E-state index contributed by atoms with van der Waals surface area (Å²) in [7, 11) is 0. The van der Waals surface area contributed by atoms with Crippen LogP contribution in [0.4, 0.5) is 5.69 Å². The van der Waals surface area contributed by atoms with Crippen LogP contribution in [0.3, 0.4) is 0 Å². The molecule has 4 heteroatoms. The lowest BCUT2D eigenvalue weighted by molar-refractivity contribution is 0.273. The molecule has 0 radical (unpaired) electrons. The van der Waals surface area contributed by atoms with Gasteiger partial charge in [-0.05, 0) is 18.9 Å². The third kappa shape index (κ3) is 2.36. The van der Waals surface area contributed by atoms with Crippen LogP contribution in [-0.2, 0) is 0 Å². The quantitative estimate of drug-likeness (QED) is 0.815. The molecule has 0 unspecified atom stereocenters. The second-order valence-electron chi connectivity index (χ2n) is 3.52. The van der Waals surface area contributed by atoms with Crippen molar-refractivity contribution < 1.29 is 0 Å². The van der Waals surface area contributed by atoms with E-state index in [1.54, 1.807) is 12.4 Å². The molecule has 0 amide bonds. The molecule has 2 heterocycles. The van der Waals surface area contributed by atoms with E-state index in [1.165, 1.54) is 19.3 Å². The van der Waals surface area contributed by atoms with Crippen molar-refractivity contribution in [2.24, 2.45) is 0 Å². The van der Waals surface area contributed by atoms with Gasteiger partial charge in [0, 0.05) is 25.5 Å². The summed E-state index contributed by atoms with van der Waals surface area (Å²) >= 11 is 5.99. The maximum Gasteiger partial charge on any atom is 0.0833 e. The predicted molar refractivity (Wildman–Crippen MR) is 58.3 cm³/mol. The average molecular weight is 212 g/mol. The Bertz CT molecular complexity index is 297. The van der Waals surface area contributed by atoms with E-state index in [2.05, 4.69) is 15.4 Å². The lowest BCUT2D eigenvalue weighted by atomic mass is 10.2. The SMILES string of the molecule is Clc1cnccc1NN1CCCCC1.